The summed E-state index contributed by atoms with van der Waals surface area (Å²) < 4.78 is 23.3. The average molecular weight is 504 g/mol. The number of carbonyl (C=O) groups is 2. The number of benzene rings is 1. The Morgan fingerprint density at radius 3 is 2.81 bits per heavy atom. The Hall–Kier alpha value is -4.54. The molecule has 37 heavy (non-hydrogen) atoms. The maximum Gasteiger partial charge on any atom is 0.330 e. The molecule has 1 unspecified atom stereocenters. The van der Waals surface area contributed by atoms with E-state index in [1.54, 1.807) is 49.3 Å². The summed E-state index contributed by atoms with van der Waals surface area (Å²) in [4.78, 5) is 31.3. The van der Waals surface area contributed by atoms with Gasteiger partial charge in [0.25, 0.3) is 5.91 Å². The SMILES string of the molecule is CCOC(=O)/C=C/c1ccc(-c2cc3nc(C(=O)N4CCn5nccc5C4C)cc(NC)n3n2)c(F)c1. The zero-order chi connectivity index (χ0) is 26.1. The first-order valence-corrected chi connectivity index (χ1v) is 12.0. The Balaban J connectivity index is 1.45. The topological polar surface area (TPSA) is 107 Å². The molecular weight excluding hydrogens is 477 g/mol. The highest BCUT2D eigenvalue weighted by molar-refractivity contribution is 5.94. The minimum Gasteiger partial charge on any atom is -0.463 e. The fraction of sp³-hybridized carbons (Fsp3) is 0.269. The van der Waals surface area contributed by atoms with Crippen LogP contribution in [-0.2, 0) is 16.1 Å². The van der Waals surface area contributed by atoms with Gasteiger partial charge in [-0.25, -0.2) is 14.2 Å². The van der Waals surface area contributed by atoms with Crippen molar-refractivity contribution in [1.82, 2.24) is 29.3 Å². The van der Waals surface area contributed by atoms with E-state index in [2.05, 4.69) is 20.5 Å². The second-order valence-electron chi connectivity index (χ2n) is 8.55. The number of fused-ring (bicyclic) bond motifs is 2. The predicted octanol–water partition coefficient (Wildman–Crippen LogP) is 3.57. The van der Waals surface area contributed by atoms with Crippen molar-refractivity contribution in [3.8, 4) is 11.3 Å². The number of nitrogens with zero attached hydrogens (tertiary/aromatic N) is 6. The standard InChI is InChI=1S/C26H26FN7O3/c1-4-37-25(35)8-6-17-5-7-18(19(27)13-17)20-14-24-30-21(15-23(28-3)34(24)31-20)26(36)32-11-12-33-22(16(32)2)9-10-29-33/h5-10,13-16,28H,4,11-12H2,1-3H3/b8-6+. The van der Waals surface area contributed by atoms with Crippen LogP contribution in [0.3, 0.4) is 0 Å². The molecule has 0 spiro atoms. The van der Waals surface area contributed by atoms with Gasteiger partial charge in [-0.1, -0.05) is 6.07 Å². The van der Waals surface area contributed by atoms with Crippen molar-refractivity contribution < 1.29 is 18.7 Å². The van der Waals surface area contributed by atoms with Crippen molar-refractivity contribution in [2.75, 3.05) is 25.5 Å². The third-order valence-corrected chi connectivity index (χ3v) is 6.33. The van der Waals surface area contributed by atoms with Crippen LogP contribution in [0.5, 0.6) is 0 Å². The molecule has 0 saturated heterocycles. The van der Waals surface area contributed by atoms with Crippen LogP contribution in [0, 0.1) is 5.82 Å². The van der Waals surface area contributed by atoms with E-state index in [-0.39, 0.29) is 29.8 Å². The summed E-state index contributed by atoms with van der Waals surface area (Å²) in [7, 11) is 1.72. The first-order chi connectivity index (χ1) is 17.9. The lowest BCUT2D eigenvalue weighted by Gasteiger charge is -2.33. The van der Waals surface area contributed by atoms with Gasteiger partial charge in [0, 0.05) is 43.6 Å². The van der Waals surface area contributed by atoms with E-state index in [4.69, 9.17) is 4.74 Å². The Labute approximate surface area is 212 Å². The van der Waals surface area contributed by atoms with Crippen LogP contribution < -0.4 is 5.32 Å². The quantitative estimate of drug-likeness (QED) is 0.317. The van der Waals surface area contributed by atoms with Crippen molar-refractivity contribution >= 4 is 29.4 Å². The monoisotopic (exact) mass is 503 g/mol. The second-order valence-corrected chi connectivity index (χ2v) is 8.55. The molecule has 0 aliphatic carbocycles. The molecule has 10 nitrogen and oxygen atoms in total. The van der Waals surface area contributed by atoms with Crippen LogP contribution in [0.25, 0.3) is 23.0 Å². The first kappa shape index (κ1) is 24.2. The van der Waals surface area contributed by atoms with Crippen LogP contribution in [0.4, 0.5) is 10.2 Å². The number of hydrogen-bond donors (Lipinski definition) is 1. The molecule has 11 heteroatoms. The molecule has 1 N–H and O–H groups in total. The normalized spacial score (nSPS) is 15.2. The number of ether oxygens (including phenoxy) is 1. The molecule has 0 radical (unpaired) electrons. The molecule has 5 rings (SSSR count). The van der Waals surface area contributed by atoms with Crippen molar-refractivity contribution in [3.05, 3.63) is 71.4 Å². The maximum atomic E-state index is 15.0. The van der Waals surface area contributed by atoms with Gasteiger partial charge in [0.1, 0.15) is 17.3 Å². The number of aromatic nitrogens is 5. The summed E-state index contributed by atoms with van der Waals surface area (Å²) in [6.45, 7) is 5.08. The maximum absolute atomic E-state index is 15.0. The Kier molecular flexibility index (Phi) is 6.43. The number of esters is 1. The molecule has 1 aromatic carbocycles. The van der Waals surface area contributed by atoms with Gasteiger partial charge in [0.2, 0.25) is 0 Å². The fourth-order valence-corrected chi connectivity index (χ4v) is 4.46. The molecule has 1 atom stereocenters. The number of nitrogens with one attached hydrogen (secondary N) is 1. The van der Waals surface area contributed by atoms with E-state index < -0.39 is 11.8 Å². The van der Waals surface area contributed by atoms with Crippen molar-refractivity contribution in [1.29, 1.82) is 0 Å². The minimum atomic E-state index is -0.504. The smallest absolute Gasteiger partial charge is 0.330 e. The molecule has 1 aliphatic rings. The van der Waals surface area contributed by atoms with Crippen LogP contribution in [-0.4, -0.2) is 61.4 Å². The zero-order valence-electron chi connectivity index (χ0n) is 20.7. The van der Waals surface area contributed by atoms with Gasteiger partial charge < -0.3 is 15.0 Å². The van der Waals surface area contributed by atoms with Gasteiger partial charge in [0.15, 0.2) is 5.65 Å². The average Bonchev–Trinajstić information content (AvgIpc) is 3.54. The number of amides is 1. The van der Waals surface area contributed by atoms with Crippen LogP contribution in [0.15, 0.2) is 48.7 Å². The van der Waals surface area contributed by atoms with Gasteiger partial charge >= 0.3 is 5.97 Å². The van der Waals surface area contributed by atoms with Crippen molar-refractivity contribution in [2.45, 2.75) is 26.4 Å². The Morgan fingerprint density at radius 1 is 1.22 bits per heavy atom. The third kappa shape index (κ3) is 4.55. The van der Waals surface area contributed by atoms with Crippen molar-refractivity contribution in [3.63, 3.8) is 0 Å². The van der Waals surface area contributed by atoms with E-state index in [1.165, 1.54) is 22.7 Å². The predicted molar refractivity (Wildman–Crippen MR) is 135 cm³/mol. The lowest BCUT2D eigenvalue weighted by Crippen LogP contribution is -2.41. The highest BCUT2D eigenvalue weighted by Crippen LogP contribution is 2.28. The zero-order valence-corrected chi connectivity index (χ0v) is 20.7. The fourth-order valence-electron chi connectivity index (χ4n) is 4.46. The second kappa shape index (κ2) is 9.84. The first-order valence-electron chi connectivity index (χ1n) is 12.0. The summed E-state index contributed by atoms with van der Waals surface area (Å²) >= 11 is 0. The van der Waals surface area contributed by atoms with E-state index >= 15 is 4.39 Å². The molecule has 4 aromatic rings. The molecular formula is C26H26FN7O3. The molecule has 0 saturated carbocycles. The molecule has 0 fully saturated rings. The molecule has 0 bridgehead atoms. The van der Waals surface area contributed by atoms with Crippen LogP contribution in [0.1, 0.15) is 41.6 Å². The molecule has 4 heterocycles. The Bertz CT molecular complexity index is 1520. The number of carbonyl (C=O) groups excluding carboxylic acids is 2. The van der Waals surface area contributed by atoms with E-state index in [9.17, 15) is 9.59 Å². The third-order valence-electron chi connectivity index (χ3n) is 6.33. The van der Waals surface area contributed by atoms with Crippen LogP contribution >= 0.6 is 0 Å². The van der Waals surface area contributed by atoms with Gasteiger partial charge in [-0.05, 0) is 43.7 Å². The van der Waals surface area contributed by atoms with Gasteiger partial charge in [-0.2, -0.15) is 14.7 Å². The number of rotatable bonds is 6. The minimum absolute atomic E-state index is 0.147. The lowest BCUT2D eigenvalue weighted by atomic mass is 10.1. The van der Waals surface area contributed by atoms with Gasteiger partial charge in [0.05, 0.1) is 30.6 Å². The van der Waals surface area contributed by atoms with E-state index in [0.29, 0.717) is 35.8 Å². The summed E-state index contributed by atoms with van der Waals surface area (Å²) in [6, 6.07) is 9.64. The number of halogens is 1. The number of hydrogen-bond acceptors (Lipinski definition) is 7. The molecule has 1 amide bonds. The lowest BCUT2D eigenvalue weighted by molar-refractivity contribution is -0.137. The largest absolute Gasteiger partial charge is 0.463 e. The number of anilines is 1. The molecule has 190 valence electrons. The highest BCUT2D eigenvalue weighted by atomic mass is 19.1. The van der Waals surface area contributed by atoms with E-state index in [1.807, 2.05) is 17.7 Å². The van der Waals surface area contributed by atoms with Gasteiger partial charge in [-0.15, -0.1) is 0 Å². The molecule has 1 aliphatic heterocycles. The summed E-state index contributed by atoms with van der Waals surface area (Å²) in [6.07, 6.45) is 4.47. The molecule has 3 aromatic heterocycles. The highest BCUT2D eigenvalue weighted by Gasteiger charge is 2.30. The van der Waals surface area contributed by atoms with Crippen LogP contribution in [0.2, 0.25) is 0 Å². The van der Waals surface area contributed by atoms with E-state index in [0.717, 1.165) is 5.69 Å². The van der Waals surface area contributed by atoms with Gasteiger partial charge in [-0.3, -0.25) is 9.48 Å². The van der Waals surface area contributed by atoms with Crippen molar-refractivity contribution in [2.24, 2.45) is 0 Å². The Morgan fingerprint density at radius 2 is 2.05 bits per heavy atom. The summed E-state index contributed by atoms with van der Waals surface area (Å²) in [5.41, 5.74) is 2.79. The summed E-state index contributed by atoms with van der Waals surface area (Å²) in [5, 5.41) is 11.9. The summed E-state index contributed by atoms with van der Waals surface area (Å²) in [5.74, 6) is -0.655.